The van der Waals surface area contributed by atoms with Crippen molar-refractivity contribution in [2.45, 2.75) is 25.9 Å². The highest BCUT2D eigenvalue weighted by Gasteiger charge is 2.29. The van der Waals surface area contributed by atoms with Crippen molar-refractivity contribution in [3.63, 3.8) is 0 Å². The summed E-state index contributed by atoms with van der Waals surface area (Å²) in [6.07, 6.45) is 0.0944. The van der Waals surface area contributed by atoms with Crippen LogP contribution in [0.3, 0.4) is 0 Å². The lowest BCUT2D eigenvalue weighted by molar-refractivity contribution is 0.232. The van der Waals surface area contributed by atoms with Crippen LogP contribution in [0.1, 0.15) is 25.3 Å². The largest absolute Gasteiger partial charge is 0.490 e. The van der Waals surface area contributed by atoms with Crippen molar-refractivity contribution in [1.29, 1.82) is 0 Å². The van der Waals surface area contributed by atoms with Gasteiger partial charge in [-0.25, -0.2) is 4.39 Å². The molecule has 0 fully saturated rings. The van der Waals surface area contributed by atoms with Gasteiger partial charge in [-0.3, -0.25) is 0 Å². The van der Waals surface area contributed by atoms with E-state index in [0.717, 1.165) is 5.56 Å². The van der Waals surface area contributed by atoms with Gasteiger partial charge in [-0.05, 0) is 19.1 Å². The molecule has 2 unspecified atom stereocenters. The first-order valence-electron chi connectivity index (χ1n) is 4.15. The van der Waals surface area contributed by atoms with Gasteiger partial charge in [0.1, 0.15) is 17.7 Å². The third-order valence-electron chi connectivity index (χ3n) is 2.49. The summed E-state index contributed by atoms with van der Waals surface area (Å²) in [6.45, 7) is 3.95. The summed E-state index contributed by atoms with van der Waals surface area (Å²) in [5, 5.41) is 0. The van der Waals surface area contributed by atoms with Gasteiger partial charge in [-0.1, -0.05) is 13.0 Å². The van der Waals surface area contributed by atoms with Crippen molar-refractivity contribution in [3.8, 4) is 5.75 Å². The molecule has 0 aromatic heterocycles. The SMILES string of the molecule is CC1Oc2cccc(F)c2C1C. The number of ether oxygens (including phenoxy) is 1. The van der Waals surface area contributed by atoms with E-state index in [1.807, 2.05) is 19.9 Å². The van der Waals surface area contributed by atoms with Crippen molar-refractivity contribution in [3.05, 3.63) is 29.6 Å². The van der Waals surface area contributed by atoms with Crippen LogP contribution in [0.5, 0.6) is 5.75 Å². The average Bonchev–Trinajstić information content (AvgIpc) is 2.29. The molecule has 1 heterocycles. The van der Waals surface area contributed by atoms with E-state index >= 15 is 0 Å². The van der Waals surface area contributed by atoms with E-state index in [1.54, 1.807) is 6.07 Å². The zero-order valence-electron chi connectivity index (χ0n) is 7.17. The van der Waals surface area contributed by atoms with Crippen molar-refractivity contribution >= 4 is 0 Å². The maximum Gasteiger partial charge on any atom is 0.130 e. The lowest BCUT2D eigenvalue weighted by Crippen LogP contribution is -2.10. The first kappa shape index (κ1) is 7.59. The third kappa shape index (κ3) is 0.909. The molecule has 0 saturated carbocycles. The van der Waals surface area contributed by atoms with E-state index in [0.29, 0.717) is 5.75 Å². The molecular formula is C10H11FO. The number of benzene rings is 1. The van der Waals surface area contributed by atoms with Crippen molar-refractivity contribution < 1.29 is 9.13 Å². The summed E-state index contributed by atoms with van der Waals surface area (Å²) >= 11 is 0. The fraction of sp³-hybridized carbons (Fsp3) is 0.400. The summed E-state index contributed by atoms with van der Waals surface area (Å²) in [6, 6.07) is 4.98. The standard InChI is InChI=1S/C10H11FO/c1-6-7(2)12-9-5-3-4-8(11)10(6)9/h3-7H,1-2H3. The summed E-state index contributed by atoms with van der Waals surface area (Å²) in [4.78, 5) is 0. The Morgan fingerprint density at radius 1 is 1.33 bits per heavy atom. The first-order valence-corrected chi connectivity index (χ1v) is 4.15. The minimum Gasteiger partial charge on any atom is -0.490 e. The first-order chi connectivity index (χ1) is 5.70. The lowest BCUT2D eigenvalue weighted by atomic mass is 9.98. The van der Waals surface area contributed by atoms with E-state index in [1.165, 1.54) is 6.07 Å². The Morgan fingerprint density at radius 2 is 2.08 bits per heavy atom. The highest BCUT2D eigenvalue weighted by atomic mass is 19.1. The number of halogens is 1. The molecule has 2 rings (SSSR count). The number of hydrogen-bond donors (Lipinski definition) is 0. The smallest absolute Gasteiger partial charge is 0.130 e. The van der Waals surface area contributed by atoms with Gasteiger partial charge in [-0.2, -0.15) is 0 Å². The van der Waals surface area contributed by atoms with Gasteiger partial charge in [0.05, 0.1) is 0 Å². The van der Waals surface area contributed by atoms with Crippen LogP contribution in [0.2, 0.25) is 0 Å². The Labute approximate surface area is 71.2 Å². The molecule has 64 valence electrons. The molecule has 0 saturated heterocycles. The Kier molecular flexibility index (Phi) is 1.56. The molecule has 0 spiro atoms. The maximum absolute atomic E-state index is 13.2. The fourth-order valence-electron chi connectivity index (χ4n) is 1.60. The molecule has 1 nitrogen and oxygen atoms in total. The number of hydrogen-bond acceptors (Lipinski definition) is 1. The van der Waals surface area contributed by atoms with E-state index in [-0.39, 0.29) is 17.8 Å². The Bertz CT molecular complexity index is 309. The van der Waals surface area contributed by atoms with Crippen LogP contribution in [-0.4, -0.2) is 6.10 Å². The van der Waals surface area contributed by atoms with Crippen molar-refractivity contribution in [1.82, 2.24) is 0 Å². The number of fused-ring (bicyclic) bond motifs is 1. The van der Waals surface area contributed by atoms with Gasteiger partial charge in [0.25, 0.3) is 0 Å². The van der Waals surface area contributed by atoms with Crippen molar-refractivity contribution in [2.24, 2.45) is 0 Å². The third-order valence-corrected chi connectivity index (χ3v) is 2.49. The van der Waals surface area contributed by atoms with Gasteiger partial charge >= 0.3 is 0 Å². The van der Waals surface area contributed by atoms with Gasteiger partial charge in [0, 0.05) is 11.5 Å². The molecule has 0 aliphatic carbocycles. The molecule has 0 radical (unpaired) electrons. The molecule has 0 amide bonds. The van der Waals surface area contributed by atoms with Crippen LogP contribution in [0.4, 0.5) is 4.39 Å². The molecular weight excluding hydrogens is 155 g/mol. The molecule has 0 bridgehead atoms. The lowest BCUT2D eigenvalue weighted by Gasteiger charge is -2.07. The predicted octanol–water partition coefficient (Wildman–Crippen LogP) is 2.71. The highest BCUT2D eigenvalue weighted by Crippen LogP contribution is 2.38. The van der Waals surface area contributed by atoms with Crippen molar-refractivity contribution in [2.75, 3.05) is 0 Å². The van der Waals surface area contributed by atoms with E-state index in [4.69, 9.17) is 4.74 Å². The summed E-state index contributed by atoms with van der Waals surface area (Å²) in [5.41, 5.74) is 0.727. The Morgan fingerprint density at radius 3 is 2.75 bits per heavy atom. The van der Waals surface area contributed by atoms with Crippen LogP contribution in [0, 0.1) is 5.82 Å². The Balaban J connectivity index is 2.55. The molecule has 1 aromatic rings. The topological polar surface area (TPSA) is 9.23 Å². The Hall–Kier alpha value is -1.05. The van der Waals surface area contributed by atoms with E-state index < -0.39 is 0 Å². The fourth-order valence-corrected chi connectivity index (χ4v) is 1.60. The average molecular weight is 166 g/mol. The quantitative estimate of drug-likeness (QED) is 0.575. The molecule has 1 aliphatic heterocycles. The van der Waals surface area contributed by atoms with E-state index in [9.17, 15) is 4.39 Å². The second-order valence-electron chi connectivity index (χ2n) is 3.26. The summed E-state index contributed by atoms with van der Waals surface area (Å²) in [7, 11) is 0. The monoisotopic (exact) mass is 166 g/mol. The molecule has 1 aliphatic rings. The normalized spacial score (nSPS) is 26.6. The van der Waals surface area contributed by atoms with Crippen LogP contribution in [0.25, 0.3) is 0 Å². The number of rotatable bonds is 0. The predicted molar refractivity (Wildman–Crippen MR) is 44.9 cm³/mol. The highest BCUT2D eigenvalue weighted by molar-refractivity contribution is 5.41. The molecule has 0 N–H and O–H groups in total. The molecule has 2 atom stereocenters. The minimum absolute atomic E-state index is 0.0944. The molecule has 1 aromatic carbocycles. The zero-order chi connectivity index (χ0) is 8.72. The van der Waals surface area contributed by atoms with Gasteiger partial charge in [0.15, 0.2) is 0 Å². The second-order valence-corrected chi connectivity index (χ2v) is 3.26. The van der Waals surface area contributed by atoms with E-state index in [2.05, 4.69) is 0 Å². The van der Waals surface area contributed by atoms with Gasteiger partial charge < -0.3 is 4.74 Å². The maximum atomic E-state index is 13.2. The molecule has 2 heteroatoms. The van der Waals surface area contributed by atoms with Crippen LogP contribution in [-0.2, 0) is 0 Å². The van der Waals surface area contributed by atoms with Crippen LogP contribution < -0.4 is 4.74 Å². The van der Waals surface area contributed by atoms with Crippen LogP contribution in [0.15, 0.2) is 18.2 Å². The second kappa shape index (κ2) is 2.47. The van der Waals surface area contributed by atoms with Gasteiger partial charge in [0.2, 0.25) is 0 Å². The van der Waals surface area contributed by atoms with Gasteiger partial charge in [-0.15, -0.1) is 0 Å². The minimum atomic E-state index is -0.149. The van der Waals surface area contributed by atoms with Crippen LogP contribution >= 0.6 is 0 Å². The summed E-state index contributed by atoms with van der Waals surface area (Å²) < 4.78 is 18.7. The molecule has 12 heavy (non-hydrogen) atoms. The zero-order valence-corrected chi connectivity index (χ0v) is 7.17. The summed E-state index contributed by atoms with van der Waals surface area (Å²) in [5.74, 6) is 0.723.